The highest BCUT2D eigenvalue weighted by atomic mass is 19.4. The molecule has 0 heterocycles. The first kappa shape index (κ1) is 16.2. The summed E-state index contributed by atoms with van der Waals surface area (Å²) in [6, 6.07) is 11.4. The van der Waals surface area contributed by atoms with E-state index in [1.807, 2.05) is 0 Å². The Balaban J connectivity index is 2.13. The van der Waals surface area contributed by atoms with Crippen LogP contribution in [0.5, 0.6) is 11.5 Å². The van der Waals surface area contributed by atoms with Gasteiger partial charge < -0.3 is 15.6 Å². The number of aromatic hydroxyl groups is 1. The van der Waals surface area contributed by atoms with Crippen LogP contribution in [0.15, 0.2) is 48.5 Å². The first-order valence-corrected chi connectivity index (χ1v) is 6.70. The maximum absolute atomic E-state index is 12.9. The molecule has 0 fully saturated rings. The lowest BCUT2D eigenvalue weighted by Crippen LogP contribution is -2.20. The van der Waals surface area contributed by atoms with E-state index in [1.165, 1.54) is 30.3 Å². The Morgan fingerprint density at radius 2 is 1.68 bits per heavy atom. The van der Waals surface area contributed by atoms with Gasteiger partial charge in [-0.2, -0.15) is 13.2 Å². The van der Waals surface area contributed by atoms with E-state index < -0.39 is 11.7 Å². The van der Waals surface area contributed by atoms with E-state index in [9.17, 15) is 18.3 Å². The van der Waals surface area contributed by atoms with Gasteiger partial charge in [-0.1, -0.05) is 24.3 Å². The van der Waals surface area contributed by atoms with Crippen molar-refractivity contribution < 1.29 is 23.0 Å². The maximum Gasteiger partial charge on any atom is 0.419 e. The van der Waals surface area contributed by atoms with Crippen molar-refractivity contribution in [2.24, 2.45) is 5.73 Å². The van der Waals surface area contributed by atoms with E-state index in [1.54, 1.807) is 12.1 Å². The Kier molecular flexibility index (Phi) is 4.92. The Morgan fingerprint density at radius 3 is 2.27 bits per heavy atom. The third-order valence-electron chi connectivity index (χ3n) is 3.28. The summed E-state index contributed by atoms with van der Waals surface area (Å²) in [4.78, 5) is 0. The zero-order chi connectivity index (χ0) is 16.2. The van der Waals surface area contributed by atoms with Gasteiger partial charge >= 0.3 is 6.18 Å². The number of phenols is 1. The van der Waals surface area contributed by atoms with Gasteiger partial charge in [0.1, 0.15) is 11.5 Å². The van der Waals surface area contributed by atoms with Gasteiger partial charge in [0, 0.05) is 12.5 Å². The molecule has 1 unspecified atom stereocenters. The fourth-order valence-electron chi connectivity index (χ4n) is 2.06. The predicted molar refractivity (Wildman–Crippen MR) is 76.8 cm³/mol. The standard InChI is InChI=1S/C16H16F3NO2/c17-16(18,19)14-3-1-2-4-15(14)22-10-12(9-20)11-5-7-13(21)8-6-11/h1-8,12,21H,9-10,20H2. The number of para-hydroxylation sites is 1. The quantitative estimate of drug-likeness (QED) is 0.888. The molecule has 0 aliphatic carbocycles. The molecule has 118 valence electrons. The minimum atomic E-state index is -4.46. The Morgan fingerprint density at radius 1 is 1.05 bits per heavy atom. The molecular weight excluding hydrogens is 295 g/mol. The van der Waals surface area contributed by atoms with E-state index in [0.717, 1.165) is 11.6 Å². The van der Waals surface area contributed by atoms with Crippen molar-refractivity contribution in [2.75, 3.05) is 13.2 Å². The van der Waals surface area contributed by atoms with Gasteiger partial charge in [0.25, 0.3) is 0 Å². The fraction of sp³-hybridized carbons (Fsp3) is 0.250. The summed E-state index contributed by atoms with van der Waals surface area (Å²) < 4.78 is 44.0. The zero-order valence-corrected chi connectivity index (χ0v) is 11.7. The lowest BCUT2D eigenvalue weighted by atomic mass is 10.00. The van der Waals surface area contributed by atoms with Crippen LogP contribution in [-0.2, 0) is 6.18 Å². The van der Waals surface area contributed by atoms with Gasteiger partial charge in [-0.05, 0) is 29.8 Å². The second-order valence-electron chi connectivity index (χ2n) is 4.83. The lowest BCUT2D eigenvalue weighted by molar-refractivity contribution is -0.139. The Labute approximate surface area is 126 Å². The third-order valence-corrected chi connectivity index (χ3v) is 3.28. The summed E-state index contributed by atoms with van der Waals surface area (Å²) in [5.41, 5.74) is 5.65. The van der Waals surface area contributed by atoms with E-state index in [-0.39, 0.29) is 30.6 Å². The molecule has 0 aliphatic rings. The van der Waals surface area contributed by atoms with Gasteiger partial charge in [-0.25, -0.2) is 0 Å². The first-order valence-electron chi connectivity index (χ1n) is 6.70. The van der Waals surface area contributed by atoms with E-state index in [4.69, 9.17) is 10.5 Å². The molecule has 0 aliphatic heterocycles. The summed E-state index contributed by atoms with van der Waals surface area (Å²) >= 11 is 0. The van der Waals surface area contributed by atoms with Crippen LogP contribution in [0.2, 0.25) is 0 Å². The molecule has 3 N–H and O–H groups in total. The molecule has 2 rings (SSSR count). The van der Waals surface area contributed by atoms with Gasteiger partial charge in [0.15, 0.2) is 0 Å². The summed E-state index contributed by atoms with van der Waals surface area (Å²) in [7, 11) is 0. The number of hydrogen-bond donors (Lipinski definition) is 2. The second-order valence-corrected chi connectivity index (χ2v) is 4.83. The first-order chi connectivity index (χ1) is 10.4. The van der Waals surface area contributed by atoms with Gasteiger partial charge in [0.2, 0.25) is 0 Å². The molecule has 2 aromatic rings. The van der Waals surface area contributed by atoms with Crippen molar-refractivity contribution in [3.05, 3.63) is 59.7 Å². The number of rotatable bonds is 5. The van der Waals surface area contributed by atoms with Gasteiger partial charge in [-0.15, -0.1) is 0 Å². The van der Waals surface area contributed by atoms with Crippen LogP contribution in [-0.4, -0.2) is 18.3 Å². The van der Waals surface area contributed by atoms with Gasteiger partial charge in [0.05, 0.1) is 12.2 Å². The molecule has 1 atom stereocenters. The van der Waals surface area contributed by atoms with Crippen molar-refractivity contribution >= 4 is 0 Å². The average Bonchev–Trinajstić information content (AvgIpc) is 2.49. The van der Waals surface area contributed by atoms with Crippen molar-refractivity contribution in [1.82, 2.24) is 0 Å². The predicted octanol–water partition coefficient (Wildman–Crippen LogP) is 3.53. The molecule has 2 aromatic carbocycles. The highest BCUT2D eigenvalue weighted by Crippen LogP contribution is 2.36. The van der Waals surface area contributed by atoms with Crippen LogP contribution in [0.3, 0.4) is 0 Å². The van der Waals surface area contributed by atoms with Crippen LogP contribution in [0.25, 0.3) is 0 Å². The summed E-state index contributed by atoms with van der Waals surface area (Å²) in [5.74, 6) is -0.364. The van der Waals surface area contributed by atoms with Crippen LogP contribution < -0.4 is 10.5 Å². The topological polar surface area (TPSA) is 55.5 Å². The van der Waals surface area contributed by atoms with E-state index in [0.29, 0.717) is 0 Å². The number of nitrogens with two attached hydrogens (primary N) is 1. The third kappa shape index (κ3) is 3.92. The van der Waals surface area contributed by atoms with Crippen LogP contribution >= 0.6 is 0 Å². The summed E-state index contributed by atoms with van der Waals surface area (Å²) in [6.45, 7) is 0.243. The van der Waals surface area contributed by atoms with E-state index >= 15 is 0 Å². The number of hydrogen-bond acceptors (Lipinski definition) is 3. The molecule has 0 radical (unpaired) electrons. The molecule has 6 heteroatoms. The fourth-order valence-corrected chi connectivity index (χ4v) is 2.06. The van der Waals surface area contributed by atoms with Crippen LogP contribution in [0.4, 0.5) is 13.2 Å². The number of phenolic OH excluding ortho intramolecular Hbond substituents is 1. The van der Waals surface area contributed by atoms with Crippen molar-refractivity contribution in [1.29, 1.82) is 0 Å². The molecule has 0 saturated heterocycles. The number of benzene rings is 2. The Hall–Kier alpha value is -2.21. The molecule has 3 nitrogen and oxygen atoms in total. The maximum atomic E-state index is 12.9. The van der Waals surface area contributed by atoms with Crippen LogP contribution in [0, 0.1) is 0 Å². The summed E-state index contributed by atoms with van der Waals surface area (Å²) in [5, 5.41) is 9.26. The van der Waals surface area contributed by atoms with Crippen molar-refractivity contribution in [3.63, 3.8) is 0 Å². The highest BCUT2D eigenvalue weighted by Gasteiger charge is 2.34. The second kappa shape index (κ2) is 6.70. The number of halogens is 3. The van der Waals surface area contributed by atoms with E-state index in [2.05, 4.69) is 0 Å². The highest BCUT2D eigenvalue weighted by molar-refractivity contribution is 5.36. The summed E-state index contributed by atoms with van der Waals surface area (Å²) in [6.07, 6.45) is -4.46. The Bertz CT molecular complexity index is 612. The molecule has 0 bridgehead atoms. The minimum absolute atomic E-state index is 0.0222. The largest absolute Gasteiger partial charge is 0.508 e. The average molecular weight is 311 g/mol. The molecule has 0 aromatic heterocycles. The molecule has 0 amide bonds. The van der Waals surface area contributed by atoms with Gasteiger partial charge in [-0.3, -0.25) is 0 Å². The molecule has 22 heavy (non-hydrogen) atoms. The van der Waals surface area contributed by atoms with Crippen molar-refractivity contribution in [2.45, 2.75) is 12.1 Å². The molecule has 0 saturated carbocycles. The molecule has 0 spiro atoms. The molecular formula is C16H16F3NO2. The normalized spacial score (nSPS) is 12.9. The minimum Gasteiger partial charge on any atom is -0.508 e. The number of ether oxygens (including phenoxy) is 1. The lowest BCUT2D eigenvalue weighted by Gasteiger charge is -2.19. The van der Waals surface area contributed by atoms with Crippen LogP contribution in [0.1, 0.15) is 17.0 Å². The van der Waals surface area contributed by atoms with Crippen molar-refractivity contribution in [3.8, 4) is 11.5 Å². The number of alkyl halides is 3. The zero-order valence-electron chi connectivity index (χ0n) is 11.7. The smallest absolute Gasteiger partial charge is 0.419 e. The monoisotopic (exact) mass is 311 g/mol. The SMILES string of the molecule is NCC(COc1ccccc1C(F)(F)F)c1ccc(O)cc1.